The van der Waals surface area contributed by atoms with Crippen LogP contribution < -0.4 is 0 Å². The number of ether oxygens (including phenoxy) is 2. The molecule has 1 rings (SSSR count). The predicted molar refractivity (Wildman–Crippen MR) is 35.4 cm³/mol. The second kappa shape index (κ2) is 2.90. The van der Waals surface area contributed by atoms with Gasteiger partial charge in [0.1, 0.15) is 0 Å². The Balaban J connectivity index is 2.46. The average Bonchev–Trinajstić information content (AvgIpc) is 2.09. The van der Waals surface area contributed by atoms with Crippen molar-refractivity contribution in [2.45, 2.75) is 26.6 Å². The molecule has 0 aromatic carbocycles. The number of carbonyl (C=O) groups is 2. The number of carbonyl (C=O) groups excluding carboxylic acids is 2. The van der Waals surface area contributed by atoms with E-state index in [1.54, 1.807) is 6.92 Å². The number of hydrogen-bond donors (Lipinski definition) is 0. The van der Waals surface area contributed by atoms with Crippen LogP contribution in [0.3, 0.4) is 0 Å². The Morgan fingerprint density at radius 2 is 2.36 bits per heavy atom. The smallest absolute Gasteiger partial charge is 0.309 e. The molecule has 2 atom stereocenters. The van der Waals surface area contributed by atoms with Crippen LogP contribution in [0, 0.1) is 5.92 Å². The molecule has 0 spiro atoms. The van der Waals surface area contributed by atoms with Gasteiger partial charge in [0.25, 0.3) is 0 Å². The van der Waals surface area contributed by atoms with Crippen LogP contribution >= 0.6 is 0 Å². The van der Waals surface area contributed by atoms with Crippen molar-refractivity contribution >= 4 is 11.9 Å². The van der Waals surface area contributed by atoms with E-state index in [2.05, 4.69) is 0 Å². The molecular weight excluding hydrogens is 148 g/mol. The monoisotopic (exact) mass is 158 g/mol. The molecule has 0 saturated carbocycles. The lowest BCUT2D eigenvalue weighted by Crippen LogP contribution is -2.20. The maximum atomic E-state index is 10.6. The summed E-state index contributed by atoms with van der Waals surface area (Å²) < 4.78 is 9.41. The Bertz CT molecular complexity index is 187. The third-order valence-electron chi connectivity index (χ3n) is 1.48. The summed E-state index contributed by atoms with van der Waals surface area (Å²) in [7, 11) is 0. The van der Waals surface area contributed by atoms with Gasteiger partial charge in [-0.1, -0.05) is 6.92 Å². The van der Waals surface area contributed by atoms with E-state index in [0.29, 0.717) is 6.42 Å². The predicted octanol–water partition coefficient (Wildman–Crippen LogP) is 0.459. The van der Waals surface area contributed by atoms with Gasteiger partial charge in [-0.05, 0) is 0 Å². The highest BCUT2D eigenvalue weighted by Crippen LogP contribution is 2.21. The van der Waals surface area contributed by atoms with Crippen LogP contribution in [-0.2, 0) is 19.1 Å². The van der Waals surface area contributed by atoms with Gasteiger partial charge in [-0.15, -0.1) is 0 Å². The van der Waals surface area contributed by atoms with Crippen molar-refractivity contribution in [2.75, 3.05) is 0 Å². The van der Waals surface area contributed by atoms with Crippen molar-refractivity contribution in [1.29, 1.82) is 0 Å². The lowest BCUT2D eigenvalue weighted by molar-refractivity contribution is -0.179. The van der Waals surface area contributed by atoms with Crippen LogP contribution in [0.15, 0.2) is 0 Å². The highest BCUT2D eigenvalue weighted by Gasteiger charge is 2.33. The summed E-state index contributed by atoms with van der Waals surface area (Å²) in [6.07, 6.45) is -0.335. The highest BCUT2D eigenvalue weighted by atomic mass is 16.7. The Hall–Kier alpha value is -1.06. The van der Waals surface area contributed by atoms with Crippen molar-refractivity contribution in [1.82, 2.24) is 0 Å². The Labute approximate surface area is 64.5 Å². The van der Waals surface area contributed by atoms with Crippen LogP contribution in [0.2, 0.25) is 0 Å². The lowest BCUT2D eigenvalue weighted by Gasteiger charge is -2.12. The van der Waals surface area contributed by atoms with Crippen molar-refractivity contribution in [3.05, 3.63) is 0 Å². The summed E-state index contributed by atoms with van der Waals surface area (Å²) >= 11 is 0. The molecule has 0 radical (unpaired) electrons. The first kappa shape index (κ1) is 8.04. The fourth-order valence-corrected chi connectivity index (χ4v) is 0.957. The van der Waals surface area contributed by atoms with Crippen molar-refractivity contribution in [3.63, 3.8) is 0 Å². The molecular formula is C7H10O4. The molecule has 1 fully saturated rings. The maximum Gasteiger partial charge on any atom is 0.309 e. The second-order valence-corrected chi connectivity index (χ2v) is 2.65. The minimum atomic E-state index is -0.667. The number of cyclic esters (lactones) is 1. The summed E-state index contributed by atoms with van der Waals surface area (Å²) in [6.45, 7) is 3.09. The minimum absolute atomic E-state index is 0.0219. The molecule has 0 aromatic heterocycles. The van der Waals surface area contributed by atoms with Crippen LogP contribution in [0.1, 0.15) is 20.3 Å². The van der Waals surface area contributed by atoms with E-state index in [0.717, 1.165) is 0 Å². The molecule has 62 valence electrons. The van der Waals surface area contributed by atoms with Gasteiger partial charge in [0, 0.05) is 12.8 Å². The molecule has 0 amide bonds. The van der Waals surface area contributed by atoms with E-state index in [1.807, 2.05) is 0 Å². The Morgan fingerprint density at radius 1 is 1.73 bits per heavy atom. The molecule has 1 heterocycles. The summed E-state index contributed by atoms with van der Waals surface area (Å²) in [5, 5.41) is 0. The van der Waals surface area contributed by atoms with Gasteiger partial charge in [0.2, 0.25) is 6.29 Å². The Morgan fingerprint density at radius 3 is 2.73 bits per heavy atom. The van der Waals surface area contributed by atoms with Gasteiger partial charge in [0.05, 0.1) is 6.42 Å². The summed E-state index contributed by atoms with van der Waals surface area (Å²) in [6, 6.07) is 0. The van der Waals surface area contributed by atoms with E-state index >= 15 is 0 Å². The van der Waals surface area contributed by atoms with Gasteiger partial charge in [-0.3, -0.25) is 9.59 Å². The van der Waals surface area contributed by atoms with Crippen LogP contribution in [-0.4, -0.2) is 18.2 Å². The number of hydrogen-bond acceptors (Lipinski definition) is 4. The van der Waals surface area contributed by atoms with Gasteiger partial charge in [-0.25, -0.2) is 0 Å². The second-order valence-electron chi connectivity index (χ2n) is 2.65. The van der Waals surface area contributed by atoms with Crippen molar-refractivity contribution in [2.24, 2.45) is 5.92 Å². The molecule has 0 aromatic rings. The molecule has 0 aliphatic carbocycles. The third kappa shape index (κ3) is 1.93. The van der Waals surface area contributed by atoms with Gasteiger partial charge < -0.3 is 9.47 Å². The van der Waals surface area contributed by atoms with Crippen LogP contribution in [0.5, 0.6) is 0 Å². The van der Waals surface area contributed by atoms with E-state index in [4.69, 9.17) is 9.47 Å². The zero-order valence-corrected chi connectivity index (χ0v) is 6.49. The van der Waals surface area contributed by atoms with Crippen LogP contribution in [0.4, 0.5) is 0 Å². The summed E-state index contributed by atoms with van der Waals surface area (Å²) in [4.78, 5) is 21.1. The molecule has 1 aliphatic rings. The lowest BCUT2D eigenvalue weighted by atomic mass is 10.1. The van der Waals surface area contributed by atoms with Gasteiger partial charge >= 0.3 is 11.9 Å². The zero-order valence-electron chi connectivity index (χ0n) is 6.49. The first-order chi connectivity index (χ1) is 5.09. The van der Waals surface area contributed by atoms with Gasteiger partial charge in [0.15, 0.2) is 0 Å². The molecule has 4 heteroatoms. The first-order valence-corrected chi connectivity index (χ1v) is 3.46. The molecule has 0 unspecified atom stereocenters. The molecule has 1 saturated heterocycles. The topological polar surface area (TPSA) is 52.6 Å². The number of esters is 2. The van der Waals surface area contributed by atoms with Crippen molar-refractivity contribution < 1.29 is 19.1 Å². The van der Waals surface area contributed by atoms with E-state index in [9.17, 15) is 9.59 Å². The SMILES string of the molecule is CC(=O)O[C@H]1OC(=O)C[C@@H]1C. The quantitative estimate of drug-likeness (QED) is 0.520. The first-order valence-electron chi connectivity index (χ1n) is 3.46. The Kier molecular flexibility index (Phi) is 2.12. The molecule has 11 heavy (non-hydrogen) atoms. The standard InChI is InChI=1S/C7H10O4/c1-4-3-6(9)11-7(4)10-5(2)8/h4,7H,3H2,1-2H3/t4-,7-/m0/s1. The highest BCUT2D eigenvalue weighted by molar-refractivity contribution is 5.72. The zero-order chi connectivity index (χ0) is 8.43. The normalized spacial score (nSPS) is 29.8. The summed E-state index contributed by atoms with van der Waals surface area (Å²) in [5.41, 5.74) is 0. The fourth-order valence-electron chi connectivity index (χ4n) is 0.957. The van der Waals surface area contributed by atoms with E-state index in [1.165, 1.54) is 6.92 Å². The van der Waals surface area contributed by atoms with E-state index < -0.39 is 12.3 Å². The molecule has 0 N–H and O–H groups in total. The molecule has 1 aliphatic heterocycles. The number of rotatable bonds is 1. The van der Waals surface area contributed by atoms with E-state index in [-0.39, 0.29) is 11.9 Å². The van der Waals surface area contributed by atoms with Gasteiger partial charge in [-0.2, -0.15) is 0 Å². The maximum absolute atomic E-state index is 10.6. The summed E-state index contributed by atoms with van der Waals surface area (Å²) in [5.74, 6) is -0.744. The third-order valence-corrected chi connectivity index (χ3v) is 1.48. The van der Waals surface area contributed by atoms with Crippen molar-refractivity contribution in [3.8, 4) is 0 Å². The average molecular weight is 158 g/mol. The molecule has 0 bridgehead atoms. The van der Waals surface area contributed by atoms with Crippen LogP contribution in [0.25, 0.3) is 0 Å². The molecule has 4 nitrogen and oxygen atoms in total. The minimum Gasteiger partial charge on any atom is -0.425 e. The largest absolute Gasteiger partial charge is 0.425 e. The fraction of sp³-hybridized carbons (Fsp3) is 0.714.